The van der Waals surface area contributed by atoms with Crippen molar-refractivity contribution in [1.82, 2.24) is 4.90 Å². The van der Waals surface area contributed by atoms with Crippen molar-refractivity contribution in [3.05, 3.63) is 24.3 Å². The van der Waals surface area contributed by atoms with Crippen LogP contribution in [0.4, 0.5) is 0 Å². The van der Waals surface area contributed by atoms with Crippen LogP contribution in [-0.4, -0.2) is 37.1 Å². The lowest BCUT2D eigenvalue weighted by Gasteiger charge is -2.25. The van der Waals surface area contributed by atoms with E-state index in [1.54, 1.807) is 18.1 Å². The van der Waals surface area contributed by atoms with Crippen LogP contribution in [0.1, 0.15) is 27.2 Å². The number of amides is 1. The second kappa shape index (κ2) is 7.67. The van der Waals surface area contributed by atoms with Crippen LogP contribution in [0, 0.1) is 0 Å². The number of methoxy groups -OCH3 is 1. The number of rotatable bonds is 7. The summed E-state index contributed by atoms with van der Waals surface area (Å²) in [4.78, 5) is 14.1. The molecule has 1 rings (SSSR count). The molecule has 0 radical (unpaired) electrons. The molecule has 4 nitrogen and oxygen atoms in total. The quantitative estimate of drug-likeness (QED) is 0.761. The highest BCUT2D eigenvalue weighted by molar-refractivity contribution is 5.81. The molecule has 0 aliphatic rings. The lowest BCUT2D eigenvalue weighted by atomic mass is 10.2. The lowest BCUT2D eigenvalue weighted by molar-refractivity contribution is -0.138. The summed E-state index contributed by atoms with van der Waals surface area (Å²) in [5.41, 5.74) is 0. The molecule has 1 amide bonds. The second-order valence-corrected chi connectivity index (χ2v) is 4.20. The van der Waals surface area contributed by atoms with Gasteiger partial charge < -0.3 is 14.4 Å². The van der Waals surface area contributed by atoms with Gasteiger partial charge in [0.25, 0.3) is 5.91 Å². The molecule has 19 heavy (non-hydrogen) atoms. The molecule has 0 heterocycles. The topological polar surface area (TPSA) is 38.8 Å². The van der Waals surface area contributed by atoms with E-state index in [9.17, 15) is 4.79 Å². The Morgan fingerprint density at radius 2 is 1.84 bits per heavy atom. The summed E-state index contributed by atoms with van der Waals surface area (Å²) in [6.07, 6.45) is 0.207. The number of hydrogen-bond acceptors (Lipinski definition) is 3. The minimum atomic E-state index is -0.438. The Morgan fingerprint density at radius 1 is 1.21 bits per heavy atom. The van der Waals surface area contributed by atoms with E-state index in [4.69, 9.17) is 9.47 Å². The van der Waals surface area contributed by atoms with Gasteiger partial charge in [0.1, 0.15) is 11.5 Å². The largest absolute Gasteiger partial charge is 0.497 e. The lowest BCUT2D eigenvalue weighted by Crippen LogP contribution is -2.41. The van der Waals surface area contributed by atoms with E-state index in [-0.39, 0.29) is 5.91 Å². The zero-order chi connectivity index (χ0) is 14.3. The van der Waals surface area contributed by atoms with Crippen molar-refractivity contribution in [2.24, 2.45) is 0 Å². The van der Waals surface area contributed by atoms with Gasteiger partial charge in [-0.15, -0.1) is 0 Å². The first-order valence-electron chi connectivity index (χ1n) is 6.75. The molecule has 0 unspecified atom stereocenters. The highest BCUT2D eigenvalue weighted by Crippen LogP contribution is 2.21. The van der Waals surface area contributed by atoms with Gasteiger partial charge in [-0.25, -0.2) is 0 Å². The summed E-state index contributed by atoms with van der Waals surface area (Å²) in [7, 11) is 1.61. The predicted octanol–water partition coefficient (Wildman–Crippen LogP) is 2.72. The first-order valence-corrected chi connectivity index (χ1v) is 6.75. The molecule has 0 aromatic heterocycles. The summed E-state index contributed by atoms with van der Waals surface area (Å²) in [6.45, 7) is 7.30. The Kier molecular flexibility index (Phi) is 6.19. The molecule has 0 aliphatic heterocycles. The second-order valence-electron chi connectivity index (χ2n) is 4.20. The molecule has 0 spiro atoms. The van der Waals surface area contributed by atoms with Crippen molar-refractivity contribution in [3.8, 4) is 11.5 Å². The molecule has 1 atom stereocenters. The number of carbonyl (C=O) groups is 1. The fraction of sp³-hybridized carbons (Fsp3) is 0.533. The molecule has 1 aromatic carbocycles. The molecule has 4 heteroatoms. The van der Waals surface area contributed by atoms with E-state index < -0.39 is 6.10 Å². The van der Waals surface area contributed by atoms with Crippen molar-refractivity contribution in [2.75, 3.05) is 20.2 Å². The number of ether oxygens (including phenoxy) is 2. The van der Waals surface area contributed by atoms with E-state index in [0.29, 0.717) is 25.3 Å². The normalized spacial score (nSPS) is 11.8. The van der Waals surface area contributed by atoms with Crippen LogP contribution < -0.4 is 9.47 Å². The highest BCUT2D eigenvalue weighted by atomic mass is 16.5. The van der Waals surface area contributed by atoms with Gasteiger partial charge >= 0.3 is 0 Å². The Hall–Kier alpha value is -1.71. The van der Waals surface area contributed by atoms with Gasteiger partial charge in [-0.2, -0.15) is 0 Å². The van der Waals surface area contributed by atoms with Crippen LogP contribution in [0.25, 0.3) is 0 Å². The minimum Gasteiger partial charge on any atom is -0.497 e. The zero-order valence-electron chi connectivity index (χ0n) is 12.2. The zero-order valence-corrected chi connectivity index (χ0v) is 12.2. The molecule has 1 aromatic rings. The van der Waals surface area contributed by atoms with Crippen molar-refractivity contribution in [2.45, 2.75) is 33.3 Å². The van der Waals surface area contributed by atoms with E-state index >= 15 is 0 Å². The highest BCUT2D eigenvalue weighted by Gasteiger charge is 2.22. The maximum atomic E-state index is 12.3. The number of hydrogen-bond donors (Lipinski definition) is 0. The summed E-state index contributed by atoms with van der Waals surface area (Å²) in [5.74, 6) is 1.42. The van der Waals surface area contributed by atoms with Crippen molar-refractivity contribution in [3.63, 3.8) is 0 Å². The van der Waals surface area contributed by atoms with Crippen LogP contribution in [0.5, 0.6) is 11.5 Å². The number of benzene rings is 1. The predicted molar refractivity (Wildman–Crippen MR) is 75.6 cm³/mol. The van der Waals surface area contributed by atoms with Gasteiger partial charge in [-0.05, 0) is 32.4 Å². The van der Waals surface area contributed by atoms with Gasteiger partial charge in [-0.3, -0.25) is 4.79 Å². The van der Waals surface area contributed by atoms with Gasteiger partial charge in [0.05, 0.1) is 7.11 Å². The number of nitrogens with zero attached hydrogens (tertiary/aromatic N) is 1. The van der Waals surface area contributed by atoms with E-state index in [1.165, 1.54) is 0 Å². The Balaban J connectivity index is 2.78. The summed E-state index contributed by atoms with van der Waals surface area (Å²) in [6, 6.07) is 7.32. The maximum Gasteiger partial charge on any atom is 0.263 e. The van der Waals surface area contributed by atoms with Crippen molar-refractivity contribution >= 4 is 5.91 Å². The van der Waals surface area contributed by atoms with Crippen LogP contribution >= 0.6 is 0 Å². The summed E-state index contributed by atoms with van der Waals surface area (Å²) < 4.78 is 10.9. The van der Waals surface area contributed by atoms with Crippen molar-refractivity contribution < 1.29 is 14.3 Å². The van der Waals surface area contributed by atoms with E-state index in [2.05, 4.69) is 0 Å². The third kappa shape index (κ3) is 4.16. The minimum absolute atomic E-state index is 0.0373. The molecule has 0 saturated carbocycles. The van der Waals surface area contributed by atoms with Crippen molar-refractivity contribution in [1.29, 1.82) is 0 Å². The third-order valence-corrected chi connectivity index (χ3v) is 3.04. The standard InChI is InChI=1S/C15H23NO3/c1-5-14(15(17)16(6-2)7-3)19-13-10-8-9-12(11-13)18-4/h8-11,14H,5-7H2,1-4H3/t14-/m1/s1. The molecule has 0 aliphatic carbocycles. The molecule has 0 bridgehead atoms. The average Bonchev–Trinajstić information content (AvgIpc) is 2.46. The Bertz CT molecular complexity index is 402. The monoisotopic (exact) mass is 265 g/mol. The van der Waals surface area contributed by atoms with Crippen LogP contribution in [-0.2, 0) is 4.79 Å². The number of likely N-dealkylation sites (N-methyl/N-ethyl adjacent to an activating group) is 1. The Labute approximate surface area is 115 Å². The summed E-state index contributed by atoms with van der Waals surface area (Å²) in [5, 5.41) is 0. The molecular weight excluding hydrogens is 242 g/mol. The third-order valence-electron chi connectivity index (χ3n) is 3.04. The van der Waals surface area contributed by atoms with Crippen LogP contribution in [0.3, 0.4) is 0 Å². The smallest absolute Gasteiger partial charge is 0.263 e. The van der Waals surface area contributed by atoms with Crippen LogP contribution in [0.2, 0.25) is 0 Å². The van der Waals surface area contributed by atoms with Gasteiger partial charge in [-0.1, -0.05) is 13.0 Å². The SMILES string of the molecule is CC[C@@H](Oc1cccc(OC)c1)C(=O)N(CC)CC. The average molecular weight is 265 g/mol. The molecule has 0 fully saturated rings. The molecule has 106 valence electrons. The van der Waals surface area contributed by atoms with Gasteiger partial charge in [0.15, 0.2) is 6.10 Å². The van der Waals surface area contributed by atoms with Gasteiger partial charge in [0.2, 0.25) is 0 Å². The van der Waals surface area contributed by atoms with E-state index in [1.807, 2.05) is 39.0 Å². The first-order chi connectivity index (χ1) is 9.15. The first kappa shape index (κ1) is 15.3. The van der Waals surface area contributed by atoms with Crippen LogP contribution in [0.15, 0.2) is 24.3 Å². The van der Waals surface area contributed by atoms with E-state index in [0.717, 1.165) is 5.75 Å². The fourth-order valence-electron chi connectivity index (χ4n) is 1.89. The van der Waals surface area contributed by atoms with Gasteiger partial charge in [0, 0.05) is 19.2 Å². The summed E-state index contributed by atoms with van der Waals surface area (Å²) >= 11 is 0. The molecular formula is C15H23NO3. The maximum absolute atomic E-state index is 12.3. The molecule has 0 saturated heterocycles. The number of carbonyl (C=O) groups excluding carboxylic acids is 1. The fourth-order valence-corrected chi connectivity index (χ4v) is 1.89. The molecule has 0 N–H and O–H groups in total. The Morgan fingerprint density at radius 3 is 2.37 bits per heavy atom.